The molecule has 0 spiro atoms. The fraction of sp³-hybridized carbons (Fsp3) is 0.500. The maximum Gasteiger partial charge on any atom is 0.250 e. The van der Waals surface area contributed by atoms with Crippen LogP contribution in [-0.2, 0) is 19.6 Å². The minimum absolute atomic E-state index is 0.00955. The molecule has 118 valence electrons. The second-order valence-electron chi connectivity index (χ2n) is 5.53. The molecule has 2 N–H and O–H groups in total. The Morgan fingerprint density at radius 1 is 1.14 bits per heavy atom. The van der Waals surface area contributed by atoms with Crippen molar-refractivity contribution in [3.8, 4) is 0 Å². The van der Waals surface area contributed by atoms with Gasteiger partial charge in [0, 0.05) is 11.4 Å². The largest absolute Gasteiger partial charge is 0.366 e. The van der Waals surface area contributed by atoms with E-state index < -0.39 is 10.0 Å². The van der Waals surface area contributed by atoms with Crippen molar-refractivity contribution in [2.45, 2.75) is 33.3 Å². The molecule has 1 aromatic carbocycles. The van der Waals surface area contributed by atoms with Crippen molar-refractivity contribution in [1.82, 2.24) is 0 Å². The fourth-order valence-corrected chi connectivity index (χ4v) is 1.99. The van der Waals surface area contributed by atoms with Gasteiger partial charge < -0.3 is 10.1 Å². The minimum atomic E-state index is -3.29. The van der Waals surface area contributed by atoms with Crippen LogP contribution in [-0.4, -0.2) is 32.3 Å². The van der Waals surface area contributed by atoms with E-state index >= 15 is 0 Å². The number of benzene rings is 1. The zero-order chi connectivity index (χ0) is 16.1. The van der Waals surface area contributed by atoms with Crippen LogP contribution in [0.1, 0.15) is 27.7 Å². The van der Waals surface area contributed by atoms with Gasteiger partial charge in [-0.05, 0) is 52.0 Å². The van der Waals surface area contributed by atoms with E-state index in [1.165, 1.54) is 0 Å². The molecule has 0 aliphatic carbocycles. The van der Waals surface area contributed by atoms with Crippen LogP contribution in [0.3, 0.4) is 0 Å². The topological polar surface area (TPSA) is 84.5 Å². The molecule has 0 atom stereocenters. The first kappa shape index (κ1) is 17.5. The lowest BCUT2D eigenvalue weighted by Crippen LogP contribution is -2.27. The Balaban J connectivity index is 2.57. The highest BCUT2D eigenvalue weighted by molar-refractivity contribution is 7.92. The number of amides is 1. The summed E-state index contributed by atoms with van der Waals surface area (Å²) in [6.45, 7) is 7.14. The molecule has 1 rings (SSSR count). The highest BCUT2D eigenvalue weighted by Gasteiger charge is 2.13. The van der Waals surface area contributed by atoms with Crippen molar-refractivity contribution in [3.05, 3.63) is 24.3 Å². The number of ether oxygens (including phenoxy) is 1. The average molecular weight is 314 g/mol. The van der Waals surface area contributed by atoms with Crippen LogP contribution in [0.25, 0.3) is 0 Å². The standard InChI is InChI=1S/C14H22N2O4S/c1-5-21(18,19)16-12-8-6-11(7-9-12)15-13(17)10-20-14(2,3)4/h6-9,16H,5,10H2,1-4H3,(H,15,17). The summed E-state index contributed by atoms with van der Waals surface area (Å²) in [5.41, 5.74) is 0.664. The molecule has 6 nitrogen and oxygen atoms in total. The molecule has 0 aliphatic rings. The van der Waals surface area contributed by atoms with E-state index in [4.69, 9.17) is 4.74 Å². The van der Waals surface area contributed by atoms with Crippen LogP contribution in [0.15, 0.2) is 24.3 Å². The van der Waals surface area contributed by atoms with Crippen molar-refractivity contribution in [1.29, 1.82) is 0 Å². The summed E-state index contributed by atoms with van der Waals surface area (Å²) in [6.07, 6.45) is 0. The summed E-state index contributed by atoms with van der Waals surface area (Å²) in [5.74, 6) is -0.248. The lowest BCUT2D eigenvalue weighted by Gasteiger charge is -2.19. The summed E-state index contributed by atoms with van der Waals surface area (Å²) in [4.78, 5) is 11.7. The van der Waals surface area contributed by atoms with Crippen molar-refractivity contribution >= 4 is 27.3 Å². The predicted octanol–water partition coefficient (Wildman–Crippen LogP) is 2.20. The Kier molecular flexibility index (Phi) is 5.74. The van der Waals surface area contributed by atoms with Crippen molar-refractivity contribution < 1.29 is 17.9 Å². The van der Waals surface area contributed by atoms with Crippen LogP contribution in [0, 0.1) is 0 Å². The van der Waals surface area contributed by atoms with Crippen LogP contribution in [0.4, 0.5) is 11.4 Å². The third-order valence-corrected chi connectivity index (χ3v) is 3.77. The average Bonchev–Trinajstić information content (AvgIpc) is 2.38. The number of sulfonamides is 1. The van der Waals surface area contributed by atoms with E-state index in [1.54, 1.807) is 31.2 Å². The van der Waals surface area contributed by atoms with Gasteiger partial charge in [0.05, 0.1) is 11.4 Å². The first-order chi connectivity index (χ1) is 9.61. The number of hydrogen-bond donors (Lipinski definition) is 2. The third-order valence-electron chi connectivity index (χ3n) is 2.46. The van der Waals surface area contributed by atoms with Gasteiger partial charge >= 0.3 is 0 Å². The number of anilines is 2. The molecular formula is C14H22N2O4S. The van der Waals surface area contributed by atoms with Gasteiger partial charge in [-0.25, -0.2) is 8.42 Å². The first-order valence-corrected chi connectivity index (χ1v) is 8.31. The summed E-state index contributed by atoms with van der Waals surface area (Å²) < 4.78 is 30.6. The summed E-state index contributed by atoms with van der Waals surface area (Å²) in [7, 11) is -3.29. The predicted molar refractivity (Wildman–Crippen MR) is 83.9 cm³/mol. The Morgan fingerprint density at radius 3 is 2.14 bits per heavy atom. The SMILES string of the molecule is CCS(=O)(=O)Nc1ccc(NC(=O)COC(C)(C)C)cc1. The number of carbonyl (C=O) groups excluding carboxylic acids is 1. The lowest BCUT2D eigenvalue weighted by molar-refractivity contribution is -0.125. The van der Waals surface area contributed by atoms with E-state index in [1.807, 2.05) is 20.8 Å². The normalized spacial score (nSPS) is 12.0. The second kappa shape index (κ2) is 6.91. The molecule has 0 heterocycles. The van der Waals surface area contributed by atoms with Gasteiger partial charge in [0.1, 0.15) is 6.61 Å². The van der Waals surface area contributed by atoms with Crippen LogP contribution < -0.4 is 10.0 Å². The molecular weight excluding hydrogens is 292 g/mol. The molecule has 0 fully saturated rings. The molecule has 1 aromatic rings. The molecule has 7 heteroatoms. The molecule has 0 aromatic heterocycles. The maximum atomic E-state index is 11.7. The van der Waals surface area contributed by atoms with Crippen molar-refractivity contribution in [2.75, 3.05) is 22.4 Å². The smallest absolute Gasteiger partial charge is 0.250 e. The highest BCUT2D eigenvalue weighted by atomic mass is 32.2. The van der Waals surface area contributed by atoms with E-state index in [0.717, 1.165) is 0 Å². The quantitative estimate of drug-likeness (QED) is 0.843. The summed E-state index contributed by atoms with van der Waals surface area (Å²) >= 11 is 0. The molecule has 0 saturated carbocycles. The Morgan fingerprint density at radius 2 is 1.67 bits per heavy atom. The van der Waals surface area contributed by atoms with Crippen molar-refractivity contribution in [3.63, 3.8) is 0 Å². The molecule has 0 radical (unpaired) electrons. The van der Waals surface area contributed by atoms with E-state index in [9.17, 15) is 13.2 Å². The summed E-state index contributed by atoms with van der Waals surface area (Å²) in [6, 6.07) is 6.44. The zero-order valence-electron chi connectivity index (χ0n) is 12.8. The monoisotopic (exact) mass is 314 g/mol. The van der Waals surface area contributed by atoms with E-state index in [-0.39, 0.29) is 23.9 Å². The summed E-state index contributed by atoms with van der Waals surface area (Å²) in [5, 5.41) is 2.68. The molecule has 0 saturated heterocycles. The zero-order valence-corrected chi connectivity index (χ0v) is 13.6. The maximum absolute atomic E-state index is 11.7. The van der Waals surface area contributed by atoms with Gasteiger partial charge in [-0.1, -0.05) is 0 Å². The number of nitrogens with one attached hydrogen (secondary N) is 2. The fourth-order valence-electron chi connectivity index (χ4n) is 1.35. The minimum Gasteiger partial charge on any atom is -0.366 e. The highest BCUT2D eigenvalue weighted by Crippen LogP contribution is 2.15. The Bertz CT molecular complexity index is 574. The van der Waals surface area contributed by atoms with Crippen molar-refractivity contribution in [2.24, 2.45) is 0 Å². The molecule has 21 heavy (non-hydrogen) atoms. The third kappa shape index (κ3) is 7.10. The van der Waals surface area contributed by atoms with Crippen LogP contribution in [0.5, 0.6) is 0 Å². The first-order valence-electron chi connectivity index (χ1n) is 6.66. The molecule has 0 unspecified atom stereocenters. The Hall–Kier alpha value is -1.60. The van der Waals surface area contributed by atoms with E-state index in [2.05, 4.69) is 10.0 Å². The van der Waals surface area contributed by atoms with Crippen LogP contribution >= 0.6 is 0 Å². The molecule has 0 bridgehead atoms. The van der Waals surface area contributed by atoms with Gasteiger partial charge in [0.2, 0.25) is 15.9 Å². The number of hydrogen-bond acceptors (Lipinski definition) is 4. The van der Waals surface area contributed by atoms with Gasteiger partial charge in [-0.15, -0.1) is 0 Å². The van der Waals surface area contributed by atoms with Gasteiger partial charge in [-0.3, -0.25) is 9.52 Å². The van der Waals surface area contributed by atoms with Crippen LogP contribution in [0.2, 0.25) is 0 Å². The number of carbonyl (C=O) groups is 1. The Labute approximate surface area is 125 Å². The van der Waals surface area contributed by atoms with Gasteiger partial charge in [0.15, 0.2) is 0 Å². The second-order valence-corrected chi connectivity index (χ2v) is 7.54. The van der Waals surface area contributed by atoms with E-state index in [0.29, 0.717) is 11.4 Å². The van der Waals surface area contributed by atoms with Gasteiger partial charge in [0.25, 0.3) is 0 Å². The van der Waals surface area contributed by atoms with Gasteiger partial charge in [-0.2, -0.15) is 0 Å². The number of rotatable bonds is 6. The molecule has 0 aliphatic heterocycles. The lowest BCUT2D eigenvalue weighted by atomic mass is 10.2. The molecule has 1 amide bonds.